The van der Waals surface area contributed by atoms with Gasteiger partial charge in [0.2, 0.25) is 0 Å². The van der Waals surface area contributed by atoms with Crippen molar-refractivity contribution < 1.29 is 0 Å². The molecule has 0 saturated carbocycles. The molecule has 0 fully saturated rings. The Kier molecular flexibility index (Phi) is 5.40. The Morgan fingerprint density at radius 2 is 2.06 bits per heavy atom. The minimum atomic E-state index is 0.123. The van der Waals surface area contributed by atoms with E-state index in [1.54, 1.807) is 0 Å². The van der Waals surface area contributed by atoms with Crippen LogP contribution in [0.2, 0.25) is 0 Å². The molecule has 96 valence electrons. The Morgan fingerprint density at radius 1 is 1.35 bits per heavy atom. The number of hydrogen-bond donors (Lipinski definition) is 1. The van der Waals surface area contributed by atoms with Crippen molar-refractivity contribution >= 4 is 11.8 Å². The second-order valence-corrected chi connectivity index (χ2v) is 6.99. The molecule has 1 heterocycles. The van der Waals surface area contributed by atoms with Crippen molar-refractivity contribution in [2.24, 2.45) is 0 Å². The van der Waals surface area contributed by atoms with Crippen LogP contribution in [0.3, 0.4) is 0 Å². The molecule has 0 radical (unpaired) electrons. The molecule has 0 saturated heterocycles. The van der Waals surface area contributed by atoms with Crippen LogP contribution in [0.5, 0.6) is 0 Å². The summed E-state index contributed by atoms with van der Waals surface area (Å²) in [6.07, 6.45) is 1.85. The van der Waals surface area contributed by atoms with E-state index in [2.05, 4.69) is 49.9 Å². The fraction of sp³-hybridized carbons (Fsp3) is 0.692. The van der Waals surface area contributed by atoms with E-state index in [-0.39, 0.29) is 5.54 Å². The fourth-order valence-electron chi connectivity index (χ4n) is 1.21. The molecular weight excluding hydrogens is 230 g/mol. The van der Waals surface area contributed by atoms with Gasteiger partial charge in [-0.3, -0.25) is 0 Å². The van der Waals surface area contributed by atoms with Crippen molar-refractivity contribution in [3.8, 4) is 0 Å². The summed E-state index contributed by atoms with van der Waals surface area (Å²) in [4.78, 5) is 8.85. The molecule has 1 aromatic rings. The van der Waals surface area contributed by atoms with Crippen molar-refractivity contribution in [1.82, 2.24) is 15.3 Å². The van der Waals surface area contributed by atoms with Crippen molar-refractivity contribution in [2.45, 2.75) is 57.7 Å². The Balaban J connectivity index is 2.54. The molecule has 0 aliphatic rings. The summed E-state index contributed by atoms with van der Waals surface area (Å²) in [7, 11) is 0. The normalized spacial score (nSPS) is 12.1. The van der Waals surface area contributed by atoms with Crippen LogP contribution < -0.4 is 5.32 Å². The fourth-order valence-corrected chi connectivity index (χ4v) is 1.83. The van der Waals surface area contributed by atoms with Crippen LogP contribution in [0.25, 0.3) is 0 Å². The van der Waals surface area contributed by atoms with E-state index >= 15 is 0 Å². The third-order valence-electron chi connectivity index (χ3n) is 2.11. The SMILES string of the molecule is CC(C)SCc1nccc(CNC(C)(C)C)n1. The molecule has 0 aliphatic heterocycles. The Bertz CT molecular complexity index is 345. The molecule has 17 heavy (non-hydrogen) atoms. The molecule has 0 atom stereocenters. The summed E-state index contributed by atoms with van der Waals surface area (Å²) in [6, 6.07) is 1.97. The Morgan fingerprint density at radius 3 is 2.65 bits per heavy atom. The lowest BCUT2D eigenvalue weighted by Gasteiger charge is -2.20. The average molecular weight is 253 g/mol. The minimum Gasteiger partial charge on any atom is -0.306 e. The first kappa shape index (κ1) is 14.5. The molecule has 0 bridgehead atoms. The van der Waals surface area contributed by atoms with Gasteiger partial charge in [0, 0.05) is 18.3 Å². The quantitative estimate of drug-likeness (QED) is 0.875. The first-order valence-electron chi connectivity index (χ1n) is 6.04. The zero-order valence-electron chi connectivity index (χ0n) is 11.4. The zero-order chi connectivity index (χ0) is 12.9. The van der Waals surface area contributed by atoms with Gasteiger partial charge in [0.1, 0.15) is 5.82 Å². The van der Waals surface area contributed by atoms with Gasteiger partial charge in [-0.1, -0.05) is 13.8 Å². The maximum atomic E-state index is 4.55. The van der Waals surface area contributed by atoms with Gasteiger partial charge in [-0.05, 0) is 32.1 Å². The second kappa shape index (κ2) is 6.36. The highest BCUT2D eigenvalue weighted by atomic mass is 32.2. The van der Waals surface area contributed by atoms with E-state index in [0.717, 1.165) is 23.8 Å². The predicted octanol–water partition coefficient (Wildman–Crippen LogP) is 3.01. The predicted molar refractivity (Wildman–Crippen MR) is 75.1 cm³/mol. The van der Waals surface area contributed by atoms with Gasteiger partial charge < -0.3 is 5.32 Å². The highest BCUT2D eigenvalue weighted by Crippen LogP contribution is 2.14. The molecule has 3 nitrogen and oxygen atoms in total. The monoisotopic (exact) mass is 253 g/mol. The first-order chi connectivity index (χ1) is 7.87. The van der Waals surface area contributed by atoms with E-state index in [4.69, 9.17) is 0 Å². The summed E-state index contributed by atoms with van der Waals surface area (Å²) in [5, 5.41) is 4.05. The maximum absolute atomic E-state index is 4.55. The van der Waals surface area contributed by atoms with E-state index in [0.29, 0.717) is 5.25 Å². The van der Waals surface area contributed by atoms with Crippen LogP contribution in [0.1, 0.15) is 46.1 Å². The standard InChI is InChI=1S/C13H23N3S/c1-10(2)17-9-12-14-7-6-11(16-12)8-15-13(3,4)5/h6-7,10,15H,8-9H2,1-5H3. The largest absolute Gasteiger partial charge is 0.306 e. The molecule has 0 amide bonds. The van der Waals surface area contributed by atoms with Crippen LogP contribution in [0.4, 0.5) is 0 Å². The first-order valence-corrected chi connectivity index (χ1v) is 7.09. The second-order valence-electron chi connectivity index (χ2n) is 5.43. The molecule has 1 aromatic heterocycles. The van der Waals surface area contributed by atoms with Gasteiger partial charge in [-0.2, -0.15) is 11.8 Å². The van der Waals surface area contributed by atoms with Gasteiger partial charge >= 0.3 is 0 Å². The lowest BCUT2D eigenvalue weighted by Crippen LogP contribution is -2.35. The molecule has 0 unspecified atom stereocenters. The van der Waals surface area contributed by atoms with Crippen LogP contribution in [0, 0.1) is 0 Å². The summed E-state index contributed by atoms with van der Waals surface area (Å²) < 4.78 is 0. The third-order valence-corrected chi connectivity index (χ3v) is 3.20. The molecule has 4 heteroatoms. The van der Waals surface area contributed by atoms with Crippen LogP contribution in [-0.2, 0) is 12.3 Å². The summed E-state index contributed by atoms with van der Waals surface area (Å²) in [5.41, 5.74) is 1.19. The van der Waals surface area contributed by atoms with Gasteiger partial charge in [-0.25, -0.2) is 9.97 Å². The summed E-state index contributed by atoms with van der Waals surface area (Å²) >= 11 is 1.87. The smallest absolute Gasteiger partial charge is 0.138 e. The topological polar surface area (TPSA) is 37.8 Å². The highest BCUT2D eigenvalue weighted by Gasteiger charge is 2.09. The van der Waals surface area contributed by atoms with Gasteiger partial charge in [0.15, 0.2) is 0 Å². The number of hydrogen-bond acceptors (Lipinski definition) is 4. The molecule has 0 spiro atoms. The lowest BCUT2D eigenvalue weighted by atomic mass is 10.1. The van der Waals surface area contributed by atoms with Crippen molar-refractivity contribution in [3.63, 3.8) is 0 Å². The van der Waals surface area contributed by atoms with E-state index in [1.165, 1.54) is 0 Å². The van der Waals surface area contributed by atoms with Crippen LogP contribution in [-0.4, -0.2) is 20.8 Å². The number of rotatable bonds is 5. The number of aromatic nitrogens is 2. The molecule has 0 aliphatic carbocycles. The highest BCUT2D eigenvalue weighted by molar-refractivity contribution is 7.99. The molecule has 1 N–H and O–H groups in total. The van der Waals surface area contributed by atoms with E-state index < -0.39 is 0 Å². The van der Waals surface area contributed by atoms with E-state index in [1.807, 2.05) is 24.0 Å². The third kappa shape index (κ3) is 6.64. The molecule has 0 aromatic carbocycles. The molecular formula is C13H23N3S. The zero-order valence-corrected chi connectivity index (χ0v) is 12.3. The number of nitrogens with zero attached hydrogens (tertiary/aromatic N) is 2. The average Bonchev–Trinajstić information content (AvgIpc) is 2.23. The molecule has 1 rings (SSSR count). The van der Waals surface area contributed by atoms with Crippen LogP contribution in [0.15, 0.2) is 12.3 Å². The summed E-state index contributed by atoms with van der Waals surface area (Å²) in [6.45, 7) is 11.6. The Labute approximate surface area is 109 Å². The van der Waals surface area contributed by atoms with Gasteiger partial charge in [-0.15, -0.1) is 0 Å². The number of thioether (sulfide) groups is 1. The van der Waals surface area contributed by atoms with Crippen molar-refractivity contribution in [2.75, 3.05) is 0 Å². The van der Waals surface area contributed by atoms with Gasteiger partial charge in [0.05, 0.1) is 11.4 Å². The Hall–Kier alpha value is -0.610. The van der Waals surface area contributed by atoms with E-state index in [9.17, 15) is 0 Å². The maximum Gasteiger partial charge on any atom is 0.138 e. The van der Waals surface area contributed by atoms with Gasteiger partial charge in [0.25, 0.3) is 0 Å². The lowest BCUT2D eigenvalue weighted by molar-refractivity contribution is 0.421. The minimum absolute atomic E-state index is 0.123. The van der Waals surface area contributed by atoms with Crippen molar-refractivity contribution in [1.29, 1.82) is 0 Å². The van der Waals surface area contributed by atoms with Crippen LogP contribution >= 0.6 is 11.8 Å². The number of nitrogens with one attached hydrogen (secondary N) is 1. The summed E-state index contributed by atoms with van der Waals surface area (Å²) in [5.74, 6) is 1.82. The van der Waals surface area contributed by atoms with Crippen molar-refractivity contribution in [3.05, 3.63) is 23.8 Å².